The first-order valence-corrected chi connectivity index (χ1v) is 16.3. The van der Waals surface area contributed by atoms with Crippen molar-refractivity contribution >= 4 is 45.1 Å². The lowest BCUT2D eigenvalue weighted by atomic mass is 10.0. The molecule has 0 aliphatic carbocycles. The van der Waals surface area contributed by atoms with Gasteiger partial charge in [-0.05, 0) is 61.6 Å². The number of hydrogen-bond donors (Lipinski definition) is 2. The van der Waals surface area contributed by atoms with Crippen molar-refractivity contribution in [2.75, 3.05) is 25.2 Å². The molecule has 0 saturated carbocycles. The Bertz CT molecular complexity index is 1330. The average molecular weight is 579 g/mol. The van der Waals surface area contributed by atoms with Crippen LogP contribution in [0.15, 0.2) is 47.3 Å². The molecule has 9 nitrogen and oxygen atoms in total. The van der Waals surface area contributed by atoms with E-state index in [1.165, 1.54) is 22.3 Å². The van der Waals surface area contributed by atoms with Crippen molar-refractivity contribution in [1.29, 1.82) is 0 Å². The van der Waals surface area contributed by atoms with E-state index in [-0.39, 0.29) is 13.2 Å². The number of aromatic nitrogens is 1. The highest BCUT2D eigenvalue weighted by Crippen LogP contribution is 2.36. The summed E-state index contributed by atoms with van der Waals surface area (Å²) in [4.78, 5) is 26.9. The predicted molar refractivity (Wildman–Crippen MR) is 152 cm³/mol. The van der Waals surface area contributed by atoms with E-state index in [0.29, 0.717) is 42.1 Å². The molecular weight excluding hydrogens is 545 g/mol. The lowest BCUT2D eigenvalue weighted by molar-refractivity contribution is -0.138. The van der Waals surface area contributed by atoms with Crippen LogP contribution in [0.1, 0.15) is 48.6 Å². The quantitative estimate of drug-likeness (QED) is 0.475. The average Bonchev–Trinajstić information content (AvgIpc) is 3.52. The minimum Gasteiger partial charge on any atom is -0.462 e. The third kappa shape index (κ3) is 6.71. The van der Waals surface area contributed by atoms with Crippen LogP contribution in [0.3, 0.4) is 0 Å². The first kappa shape index (κ1) is 28.5. The zero-order valence-corrected chi connectivity index (χ0v) is 24.2. The second kappa shape index (κ2) is 12.5. The molecule has 2 aliphatic rings. The molecule has 0 fully saturated rings. The number of thiophene rings is 1. The van der Waals surface area contributed by atoms with Gasteiger partial charge in [-0.2, -0.15) is 4.31 Å². The first-order chi connectivity index (χ1) is 18.2. The van der Waals surface area contributed by atoms with Crippen molar-refractivity contribution in [1.82, 2.24) is 19.5 Å². The number of urea groups is 1. The number of nitrogens with one attached hydrogen (secondary N) is 2. The molecule has 0 spiro atoms. The number of hydrogen-bond acceptors (Lipinski definition) is 7. The number of sulfonamides is 1. The molecule has 0 aromatic carbocycles. The lowest BCUT2D eigenvalue weighted by Crippen LogP contribution is -2.36. The zero-order chi connectivity index (χ0) is 27.3. The minimum absolute atomic E-state index is 0.238. The molecule has 0 saturated heterocycles. The Morgan fingerprint density at radius 3 is 2.63 bits per heavy atom. The molecule has 2 aliphatic heterocycles. The number of carbonyl (C=O) groups is 2. The molecule has 2 amide bonds. The topological polar surface area (TPSA) is 110 Å². The van der Waals surface area contributed by atoms with Gasteiger partial charge in [0.15, 0.2) is 0 Å². The Kier molecular flexibility index (Phi) is 9.40. The summed E-state index contributed by atoms with van der Waals surface area (Å²) >= 11 is 2.98. The molecule has 2 aromatic heterocycles. The predicted octanol–water partition coefficient (Wildman–Crippen LogP) is 4.29. The third-order valence-electron chi connectivity index (χ3n) is 6.50. The van der Waals surface area contributed by atoms with E-state index in [9.17, 15) is 18.0 Å². The fourth-order valence-electron chi connectivity index (χ4n) is 4.58. The monoisotopic (exact) mass is 578 g/mol. The molecule has 38 heavy (non-hydrogen) atoms. The van der Waals surface area contributed by atoms with Crippen LogP contribution in [0.2, 0.25) is 0 Å². The fraction of sp³-hybridized carbons (Fsp3) is 0.462. The van der Waals surface area contributed by atoms with Crippen LogP contribution in [-0.4, -0.2) is 54.5 Å². The number of ether oxygens (including phenoxy) is 1. The van der Waals surface area contributed by atoms with Crippen LogP contribution in [0.25, 0.3) is 5.00 Å². The Morgan fingerprint density at radius 2 is 1.92 bits per heavy atom. The molecular formula is C26H34N4O5S3. The molecule has 4 heterocycles. The summed E-state index contributed by atoms with van der Waals surface area (Å²) in [5.74, 6) is 0.303. The van der Waals surface area contributed by atoms with E-state index in [4.69, 9.17) is 4.74 Å². The van der Waals surface area contributed by atoms with E-state index in [1.807, 2.05) is 29.1 Å². The van der Waals surface area contributed by atoms with E-state index >= 15 is 0 Å². The van der Waals surface area contributed by atoms with Gasteiger partial charge < -0.3 is 19.9 Å². The molecule has 0 radical (unpaired) electrons. The van der Waals surface area contributed by atoms with Gasteiger partial charge in [0, 0.05) is 42.5 Å². The third-order valence-corrected chi connectivity index (χ3v) is 10.1. The van der Waals surface area contributed by atoms with Crippen molar-refractivity contribution in [3.05, 3.63) is 63.3 Å². The molecule has 2 aromatic rings. The fourth-order valence-corrected chi connectivity index (χ4v) is 7.88. The van der Waals surface area contributed by atoms with Gasteiger partial charge in [-0.3, -0.25) is 0 Å². The largest absolute Gasteiger partial charge is 0.462 e. The minimum atomic E-state index is -3.30. The van der Waals surface area contributed by atoms with Gasteiger partial charge in [0.1, 0.15) is 5.00 Å². The van der Waals surface area contributed by atoms with Crippen LogP contribution in [-0.2, 0) is 39.1 Å². The van der Waals surface area contributed by atoms with Crippen molar-refractivity contribution in [3.63, 3.8) is 0 Å². The van der Waals surface area contributed by atoms with Crippen molar-refractivity contribution in [2.45, 2.75) is 52.1 Å². The number of fused-ring (bicyclic) bond motifs is 1. The van der Waals surface area contributed by atoms with E-state index in [0.717, 1.165) is 46.0 Å². The zero-order valence-electron chi connectivity index (χ0n) is 21.7. The lowest BCUT2D eigenvalue weighted by Gasteiger charge is -2.25. The maximum atomic E-state index is 13.1. The second-order valence-corrected chi connectivity index (χ2v) is 13.4. The number of esters is 1. The normalized spacial score (nSPS) is 17.3. The van der Waals surface area contributed by atoms with Crippen molar-refractivity contribution in [3.8, 4) is 5.00 Å². The molecule has 12 heteroatoms. The summed E-state index contributed by atoms with van der Waals surface area (Å²) in [5.41, 5.74) is 3.06. The van der Waals surface area contributed by atoms with Gasteiger partial charge in [-0.15, -0.1) is 23.1 Å². The molecule has 0 unspecified atom stereocenters. The molecule has 4 rings (SSSR count). The number of thioether (sulfide) groups is 1. The summed E-state index contributed by atoms with van der Waals surface area (Å²) in [6, 6.07) is 3.43. The Hall–Kier alpha value is -2.54. The smallest absolute Gasteiger partial charge is 0.341 e. The number of amides is 2. The van der Waals surface area contributed by atoms with Crippen LogP contribution in [0.5, 0.6) is 0 Å². The van der Waals surface area contributed by atoms with Crippen LogP contribution < -0.4 is 10.6 Å². The molecule has 2 N–H and O–H groups in total. The Balaban J connectivity index is 1.57. The molecule has 0 bridgehead atoms. The number of rotatable bonds is 7. The highest BCUT2D eigenvalue weighted by Gasteiger charge is 2.29. The molecule has 206 valence electrons. The first-order valence-electron chi connectivity index (χ1n) is 12.7. The van der Waals surface area contributed by atoms with Gasteiger partial charge in [-0.1, -0.05) is 13.0 Å². The maximum absolute atomic E-state index is 13.1. The summed E-state index contributed by atoms with van der Waals surface area (Å²) in [6.07, 6.45) is 9.30. The van der Waals surface area contributed by atoms with Gasteiger partial charge in [0.2, 0.25) is 10.0 Å². The summed E-state index contributed by atoms with van der Waals surface area (Å²) in [5, 5.41) is 7.28. The summed E-state index contributed by atoms with van der Waals surface area (Å²) in [6.45, 7) is 7.09. The SMILES string of the molecule is C=C1CCCCCSC(NC(=O)NCc2c(-n3cccc3)sc3c2CCN(S(C)(=O)=O)C3)=C1C(=O)OCC. The van der Waals surface area contributed by atoms with E-state index in [2.05, 4.69) is 17.2 Å². The van der Waals surface area contributed by atoms with Gasteiger partial charge in [0.05, 0.1) is 23.5 Å². The standard InChI is InChI=1S/C26H34N4O5S3/c1-4-35-25(31)22-18(2)10-6-5-9-15-36-23(22)28-26(32)27-16-20-19-11-14-30(38(3,33)34)17-21(19)37-24(20)29-12-7-8-13-29/h7-8,12-13H,2,4-6,9-11,14-17H2,1,3H3,(H2,27,28,32). The summed E-state index contributed by atoms with van der Waals surface area (Å²) in [7, 11) is -3.30. The highest BCUT2D eigenvalue weighted by molar-refractivity contribution is 8.03. The van der Waals surface area contributed by atoms with E-state index < -0.39 is 22.0 Å². The van der Waals surface area contributed by atoms with Crippen LogP contribution in [0, 0.1) is 0 Å². The van der Waals surface area contributed by atoms with Crippen LogP contribution >= 0.6 is 23.1 Å². The van der Waals surface area contributed by atoms with Crippen molar-refractivity contribution in [2.24, 2.45) is 0 Å². The highest BCUT2D eigenvalue weighted by atomic mass is 32.2. The second-order valence-electron chi connectivity index (χ2n) is 9.22. The number of carbonyl (C=O) groups excluding carboxylic acids is 2. The Morgan fingerprint density at radius 1 is 1.16 bits per heavy atom. The molecule has 0 atom stereocenters. The van der Waals surface area contributed by atoms with Gasteiger partial charge >= 0.3 is 12.0 Å². The van der Waals surface area contributed by atoms with E-state index in [1.54, 1.807) is 18.3 Å². The van der Waals surface area contributed by atoms with Crippen molar-refractivity contribution < 1.29 is 22.7 Å². The van der Waals surface area contributed by atoms with Gasteiger partial charge in [0.25, 0.3) is 0 Å². The van der Waals surface area contributed by atoms with Gasteiger partial charge in [-0.25, -0.2) is 18.0 Å². The summed E-state index contributed by atoms with van der Waals surface area (Å²) < 4.78 is 33.0. The van der Waals surface area contributed by atoms with Crippen LogP contribution in [0.4, 0.5) is 4.79 Å². The Labute approximate surface area is 232 Å². The maximum Gasteiger partial charge on any atom is 0.341 e. The number of nitrogens with zero attached hydrogens (tertiary/aromatic N) is 2.